The summed E-state index contributed by atoms with van der Waals surface area (Å²) < 4.78 is 1.01. The average molecular weight is 332 g/mol. The van der Waals surface area contributed by atoms with Crippen LogP contribution in [0.1, 0.15) is 24.5 Å². The number of carbonyl (C=O) groups excluding carboxylic acids is 1. The predicted octanol–water partition coefficient (Wildman–Crippen LogP) is 4.58. The van der Waals surface area contributed by atoms with Crippen molar-refractivity contribution in [1.82, 2.24) is 0 Å². The minimum Gasteiger partial charge on any atom is -0.326 e. The predicted molar refractivity (Wildman–Crippen MR) is 86.9 cm³/mol. The third-order valence-electron chi connectivity index (χ3n) is 3.20. The Bertz CT molecular complexity index is 561. The fourth-order valence-electron chi connectivity index (χ4n) is 1.96. The van der Waals surface area contributed by atoms with Gasteiger partial charge in [0.2, 0.25) is 5.91 Å². The fourth-order valence-corrected chi connectivity index (χ4v) is 2.22. The molecule has 0 atom stereocenters. The average Bonchev–Trinajstić information content (AvgIpc) is 2.48. The Morgan fingerprint density at radius 3 is 2.20 bits per heavy atom. The molecular weight excluding hydrogens is 314 g/mol. The lowest BCUT2D eigenvalue weighted by atomic mass is 10.1. The highest BCUT2D eigenvalue weighted by molar-refractivity contribution is 9.10. The van der Waals surface area contributed by atoms with E-state index in [2.05, 4.69) is 52.4 Å². The van der Waals surface area contributed by atoms with E-state index in [1.54, 1.807) is 0 Å². The molecule has 3 heteroatoms. The first kappa shape index (κ1) is 14.8. The van der Waals surface area contributed by atoms with Gasteiger partial charge >= 0.3 is 0 Å². The van der Waals surface area contributed by atoms with Crippen LogP contribution in [0.5, 0.6) is 0 Å². The third-order valence-corrected chi connectivity index (χ3v) is 3.73. The molecule has 1 amide bonds. The van der Waals surface area contributed by atoms with Crippen LogP contribution in [0.4, 0.5) is 5.69 Å². The molecule has 2 aromatic rings. The summed E-state index contributed by atoms with van der Waals surface area (Å²) in [5.74, 6) is 0.0480. The molecule has 104 valence electrons. The highest BCUT2D eigenvalue weighted by Gasteiger charge is 2.03. The summed E-state index contributed by atoms with van der Waals surface area (Å²) in [4.78, 5) is 11.9. The third kappa shape index (κ3) is 4.49. The summed E-state index contributed by atoms with van der Waals surface area (Å²) in [6, 6.07) is 16.1. The van der Waals surface area contributed by atoms with Crippen molar-refractivity contribution in [2.45, 2.75) is 26.2 Å². The van der Waals surface area contributed by atoms with E-state index in [9.17, 15) is 4.79 Å². The fraction of sp³-hybridized carbons (Fsp3) is 0.235. The first-order valence-electron chi connectivity index (χ1n) is 6.80. The second kappa shape index (κ2) is 7.25. The number of nitrogens with one attached hydrogen (secondary N) is 1. The van der Waals surface area contributed by atoms with E-state index in [0.29, 0.717) is 6.42 Å². The minimum absolute atomic E-state index is 0.0480. The van der Waals surface area contributed by atoms with Gasteiger partial charge in [0.25, 0.3) is 0 Å². The van der Waals surface area contributed by atoms with E-state index < -0.39 is 0 Å². The molecular formula is C17H18BrNO. The van der Waals surface area contributed by atoms with Gasteiger partial charge in [-0.05, 0) is 48.2 Å². The van der Waals surface area contributed by atoms with E-state index in [4.69, 9.17) is 0 Å². The molecule has 0 saturated heterocycles. The zero-order chi connectivity index (χ0) is 14.4. The second-order valence-electron chi connectivity index (χ2n) is 4.73. The molecule has 0 unspecified atom stereocenters. The van der Waals surface area contributed by atoms with Gasteiger partial charge in [-0.15, -0.1) is 0 Å². The first-order valence-corrected chi connectivity index (χ1v) is 7.60. The van der Waals surface area contributed by atoms with E-state index in [1.807, 2.05) is 24.3 Å². The monoisotopic (exact) mass is 331 g/mol. The standard InChI is InChI=1S/C17H18BrNO/c1-2-13-3-5-14(6-4-13)7-12-17(20)19-16-10-8-15(18)9-11-16/h3-6,8-11H,2,7,12H2,1H3,(H,19,20). The minimum atomic E-state index is 0.0480. The van der Waals surface area contributed by atoms with Crippen LogP contribution in [0.3, 0.4) is 0 Å². The normalized spacial score (nSPS) is 10.3. The second-order valence-corrected chi connectivity index (χ2v) is 5.64. The van der Waals surface area contributed by atoms with Gasteiger partial charge in [-0.1, -0.05) is 47.1 Å². The van der Waals surface area contributed by atoms with Gasteiger partial charge in [0, 0.05) is 16.6 Å². The topological polar surface area (TPSA) is 29.1 Å². The van der Waals surface area contributed by atoms with Crippen LogP contribution in [0, 0.1) is 0 Å². The number of carbonyl (C=O) groups is 1. The smallest absolute Gasteiger partial charge is 0.224 e. The van der Waals surface area contributed by atoms with E-state index >= 15 is 0 Å². The quantitative estimate of drug-likeness (QED) is 0.853. The summed E-state index contributed by atoms with van der Waals surface area (Å²) >= 11 is 3.37. The largest absolute Gasteiger partial charge is 0.326 e. The molecule has 0 radical (unpaired) electrons. The maximum atomic E-state index is 11.9. The van der Waals surface area contributed by atoms with E-state index in [1.165, 1.54) is 11.1 Å². The van der Waals surface area contributed by atoms with Gasteiger partial charge in [-0.3, -0.25) is 4.79 Å². The molecule has 2 nitrogen and oxygen atoms in total. The van der Waals surface area contributed by atoms with Gasteiger partial charge < -0.3 is 5.32 Å². The lowest BCUT2D eigenvalue weighted by molar-refractivity contribution is -0.116. The molecule has 0 aliphatic heterocycles. The summed E-state index contributed by atoms with van der Waals surface area (Å²) in [5.41, 5.74) is 3.36. The molecule has 0 aromatic heterocycles. The molecule has 1 N–H and O–H groups in total. The number of hydrogen-bond acceptors (Lipinski definition) is 1. The number of anilines is 1. The Balaban J connectivity index is 1.83. The van der Waals surface area contributed by atoms with Gasteiger partial charge in [0.1, 0.15) is 0 Å². The van der Waals surface area contributed by atoms with Gasteiger partial charge in [-0.25, -0.2) is 0 Å². The number of rotatable bonds is 5. The molecule has 0 heterocycles. The first-order chi connectivity index (χ1) is 9.67. The number of aryl methyl sites for hydroxylation is 2. The van der Waals surface area contributed by atoms with Crippen LogP contribution >= 0.6 is 15.9 Å². The molecule has 20 heavy (non-hydrogen) atoms. The van der Waals surface area contributed by atoms with E-state index in [0.717, 1.165) is 23.0 Å². The molecule has 0 fully saturated rings. The van der Waals surface area contributed by atoms with Crippen LogP contribution in [0.2, 0.25) is 0 Å². The molecule has 2 aromatic carbocycles. The molecule has 0 bridgehead atoms. The van der Waals surface area contributed by atoms with Crippen LogP contribution in [0.25, 0.3) is 0 Å². The molecule has 0 saturated carbocycles. The van der Waals surface area contributed by atoms with Crippen molar-refractivity contribution in [1.29, 1.82) is 0 Å². The Morgan fingerprint density at radius 1 is 1.00 bits per heavy atom. The summed E-state index contributed by atoms with van der Waals surface area (Å²) in [5, 5.41) is 2.90. The van der Waals surface area contributed by atoms with E-state index in [-0.39, 0.29) is 5.91 Å². The zero-order valence-electron chi connectivity index (χ0n) is 11.5. The molecule has 0 spiro atoms. The number of halogens is 1. The SMILES string of the molecule is CCc1ccc(CCC(=O)Nc2ccc(Br)cc2)cc1. The van der Waals surface area contributed by atoms with Crippen LogP contribution in [-0.2, 0) is 17.6 Å². The van der Waals surface area contributed by atoms with Crippen molar-refractivity contribution >= 4 is 27.5 Å². The molecule has 0 aliphatic carbocycles. The maximum absolute atomic E-state index is 11.9. The highest BCUT2D eigenvalue weighted by atomic mass is 79.9. The number of hydrogen-bond donors (Lipinski definition) is 1. The lowest BCUT2D eigenvalue weighted by Gasteiger charge is -2.06. The van der Waals surface area contributed by atoms with Crippen LogP contribution in [-0.4, -0.2) is 5.91 Å². The van der Waals surface area contributed by atoms with Crippen molar-refractivity contribution in [2.75, 3.05) is 5.32 Å². The van der Waals surface area contributed by atoms with Crippen molar-refractivity contribution in [2.24, 2.45) is 0 Å². The van der Waals surface area contributed by atoms with Crippen LogP contribution in [0.15, 0.2) is 53.0 Å². The Labute approximate surface area is 128 Å². The van der Waals surface area contributed by atoms with Crippen molar-refractivity contribution in [3.8, 4) is 0 Å². The number of benzene rings is 2. The van der Waals surface area contributed by atoms with Crippen LogP contribution < -0.4 is 5.32 Å². The van der Waals surface area contributed by atoms with Crippen molar-refractivity contribution in [3.05, 3.63) is 64.1 Å². The molecule has 2 rings (SSSR count). The maximum Gasteiger partial charge on any atom is 0.224 e. The summed E-state index contributed by atoms with van der Waals surface area (Å²) in [7, 11) is 0. The molecule has 0 aliphatic rings. The van der Waals surface area contributed by atoms with Gasteiger partial charge in [0.05, 0.1) is 0 Å². The lowest BCUT2D eigenvalue weighted by Crippen LogP contribution is -2.12. The highest BCUT2D eigenvalue weighted by Crippen LogP contribution is 2.14. The summed E-state index contributed by atoms with van der Waals surface area (Å²) in [6.07, 6.45) is 2.32. The van der Waals surface area contributed by atoms with Crippen molar-refractivity contribution < 1.29 is 4.79 Å². The zero-order valence-corrected chi connectivity index (χ0v) is 13.1. The Morgan fingerprint density at radius 2 is 1.60 bits per heavy atom. The Hall–Kier alpha value is -1.61. The van der Waals surface area contributed by atoms with Crippen molar-refractivity contribution in [3.63, 3.8) is 0 Å². The van der Waals surface area contributed by atoms with Gasteiger partial charge in [-0.2, -0.15) is 0 Å². The Kier molecular flexibility index (Phi) is 5.36. The number of amides is 1. The van der Waals surface area contributed by atoms with Gasteiger partial charge in [0.15, 0.2) is 0 Å². The summed E-state index contributed by atoms with van der Waals surface area (Å²) in [6.45, 7) is 2.14.